The van der Waals surface area contributed by atoms with Gasteiger partial charge in [0.05, 0.1) is 11.6 Å². The lowest BCUT2D eigenvalue weighted by molar-refractivity contribution is 0.0519. The first kappa shape index (κ1) is 19.2. The number of ether oxygens (including phenoxy) is 1. The van der Waals surface area contributed by atoms with Crippen molar-refractivity contribution in [2.45, 2.75) is 45.1 Å². The average Bonchev–Trinajstić information content (AvgIpc) is 3.23. The molecule has 148 valence electrons. The van der Waals surface area contributed by atoms with Crippen molar-refractivity contribution in [2.75, 3.05) is 18.1 Å². The topological polar surface area (TPSA) is 42.4 Å². The summed E-state index contributed by atoms with van der Waals surface area (Å²) in [5, 5.41) is 0.134. The monoisotopic (exact) mass is 402 g/mol. The number of esters is 1. The minimum Gasteiger partial charge on any atom is -0.461 e. The molecule has 0 radical (unpaired) electrons. The second kappa shape index (κ2) is 8.08. The van der Waals surface area contributed by atoms with Crippen molar-refractivity contribution in [3.63, 3.8) is 0 Å². The Hall–Kier alpha value is -2.14. The highest BCUT2D eigenvalue weighted by atomic mass is 35.5. The van der Waals surface area contributed by atoms with Gasteiger partial charge in [0.25, 0.3) is 0 Å². The molecular weight excluding hydrogens is 379 g/mol. The number of aromatic nitrogens is 1. The molecule has 28 heavy (non-hydrogen) atoms. The smallest absolute Gasteiger partial charge is 0.356 e. The molecule has 4 rings (SSSR count). The molecule has 1 fully saturated rings. The number of hydrogen-bond donors (Lipinski definition) is 0. The van der Waals surface area contributed by atoms with Crippen LogP contribution in [0.4, 0.5) is 10.1 Å². The van der Waals surface area contributed by atoms with Crippen molar-refractivity contribution < 1.29 is 13.9 Å². The van der Waals surface area contributed by atoms with Gasteiger partial charge in [0.2, 0.25) is 0 Å². The first-order chi connectivity index (χ1) is 13.6. The fourth-order valence-electron chi connectivity index (χ4n) is 4.54. The second-order valence-corrected chi connectivity index (χ2v) is 8.03. The van der Waals surface area contributed by atoms with Crippen LogP contribution < -0.4 is 4.90 Å². The molecule has 1 aromatic carbocycles. The van der Waals surface area contributed by atoms with Crippen molar-refractivity contribution in [1.29, 1.82) is 0 Å². The van der Waals surface area contributed by atoms with Gasteiger partial charge in [0.15, 0.2) is 0 Å². The molecular formula is C22H24ClFN2O2. The number of nitrogens with zero attached hydrogens (tertiary/aromatic N) is 2. The van der Waals surface area contributed by atoms with Crippen LogP contribution in [0.3, 0.4) is 0 Å². The zero-order chi connectivity index (χ0) is 19.7. The van der Waals surface area contributed by atoms with E-state index in [-0.39, 0.29) is 11.0 Å². The number of benzene rings is 1. The van der Waals surface area contributed by atoms with Crippen LogP contribution in [0.15, 0.2) is 30.5 Å². The van der Waals surface area contributed by atoms with Crippen LogP contribution in [0.1, 0.15) is 60.1 Å². The zero-order valence-corrected chi connectivity index (χ0v) is 16.7. The number of rotatable bonds is 4. The maximum Gasteiger partial charge on any atom is 0.356 e. The van der Waals surface area contributed by atoms with Gasteiger partial charge in [-0.05, 0) is 61.1 Å². The number of anilines is 1. The van der Waals surface area contributed by atoms with Gasteiger partial charge in [-0.2, -0.15) is 0 Å². The summed E-state index contributed by atoms with van der Waals surface area (Å²) < 4.78 is 19.1. The van der Waals surface area contributed by atoms with Gasteiger partial charge in [0.1, 0.15) is 11.5 Å². The highest BCUT2D eigenvalue weighted by molar-refractivity contribution is 6.30. The third-order valence-electron chi connectivity index (χ3n) is 5.92. The van der Waals surface area contributed by atoms with Crippen LogP contribution in [0.25, 0.3) is 0 Å². The fraction of sp³-hybridized carbons (Fsp3) is 0.455. The van der Waals surface area contributed by atoms with E-state index < -0.39 is 5.82 Å². The summed E-state index contributed by atoms with van der Waals surface area (Å²) in [6, 6.07) is 6.88. The van der Waals surface area contributed by atoms with E-state index in [4.69, 9.17) is 16.3 Å². The standard InChI is InChI=1S/C22H24ClFN2O2/c1-2-28-22(27)21-10-17-15(11-25-21)12-26(13-18(17)14-5-3-4-6-14)16-7-8-19(23)20(24)9-16/h7-11,14,18H,2-6,12-13H2,1H3. The molecule has 6 heteroatoms. The molecule has 2 aromatic rings. The molecule has 0 amide bonds. The number of pyridine rings is 1. The highest BCUT2D eigenvalue weighted by Gasteiger charge is 2.34. The molecule has 1 aliphatic heterocycles. The van der Waals surface area contributed by atoms with Crippen LogP contribution in [-0.2, 0) is 11.3 Å². The largest absolute Gasteiger partial charge is 0.461 e. The Morgan fingerprint density at radius 3 is 2.82 bits per heavy atom. The molecule has 0 bridgehead atoms. The van der Waals surface area contributed by atoms with Gasteiger partial charge >= 0.3 is 5.97 Å². The predicted octanol–water partition coefficient (Wildman–Crippen LogP) is 5.34. The first-order valence-electron chi connectivity index (χ1n) is 9.92. The Morgan fingerprint density at radius 2 is 2.11 bits per heavy atom. The highest BCUT2D eigenvalue weighted by Crippen LogP contribution is 2.42. The lowest BCUT2D eigenvalue weighted by Crippen LogP contribution is -2.36. The fourth-order valence-corrected chi connectivity index (χ4v) is 4.66. The van der Waals surface area contributed by atoms with Gasteiger partial charge in [0, 0.05) is 30.9 Å². The van der Waals surface area contributed by atoms with Crippen molar-refractivity contribution >= 4 is 23.3 Å². The van der Waals surface area contributed by atoms with E-state index >= 15 is 0 Å². The Labute approximate surface area is 169 Å². The van der Waals surface area contributed by atoms with Crippen molar-refractivity contribution in [3.8, 4) is 0 Å². The summed E-state index contributed by atoms with van der Waals surface area (Å²) in [4.78, 5) is 18.7. The minimum absolute atomic E-state index is 0.134. The quantitative estimate of drug-likeness (QED) is 0.647. The van der Waals surface area contributed by atoms with Crippen LogP contribution >= 0.6 is 11.6 Å². The van der Waals surface area contributed by atoms with Crippen molar-refractivity contribution in [3.05, 3.63) is 58.1 Å². The number of fused-ring (bicyclic) bond motifs is 1. The summed E-state index contributed by atoms with van der Waals surface area (Å²) >= 11 is 5.86. The number of carbonyl (C=O) groups is 1. The number of hydrogen-bond acceptors (Lipinski definition) is 4. The van der Waals surface area contributed by atoms with Crippen LogP contribution in [0.2, 0.25) is 5.02 Å². The van der Waals surface area contributed by atoms with Gasteiger partial charge < -0.3 is 9.64 Å². The molecule has 1 atom stereocenters. The van der Waals surface area contributed by atoms with Crippen LogP contribution in [-0.4, -0.2) is 24.1 Å². The molecule has 1 aliphatic carbocycles. The summed E-state index contributed by atoms with van der Waals surface area (Å²) in [6.45, 7) is 3.56. The summed E-state index contributed by atoms with van der Waals surface area (Å²) in [5.74, 6) is 0.0770. The first-order valence-corrected chi connectivity index (χ1v) is 10.3. The Kier molecular flexibility index (Phi) is 5.54. The Morgan fingerprint density at radius 1 is 1.32 bits per heavy atom. The zero-order valence-electron chi connectivity index (χ0n) is 16.0. The minimum atomic E-state index is -0.404. The maximum atomic E-state index is 14.0. The van der Waals surface area contributed by atoms with E-state index in [1.807, 2.05) is 12.1 Å². The van der Waals surface area contributed by atoms with Crippen LogP contribution in [0.5, 0.6) is 0 Å². The Bertz CT molecular complexity index is 883. The molecule has 2 aliphatic rings. The van der Waals surface area contributed by atoms with E-state index in [2.05, 4.69) is 9.88 Å². The van der Waals surface area contributed by atoms with E-state index in [1.54, 1.807) is 19.2 Å². The molecule has 1 aromatic heterocycles. The molecule has 0 N–H and O–H groups in total. The maximum absolute atomic E-state index is 14.0. The second-order valence-electron chi connectivity index (χ2n) is 7.62. The predicted molar refractivity (Wildman–Crippen MR) is 107 cm³/mol. The third-order valence-corrected chi connectivity index (χ3v) is 6.23. The number of halogens is 2. The molecule has 0 saturated heterocycles. The van der Waals surface area contributed by atoms with E-state index in [0.29, 0.717) is 30.7 Å². The van der Waals surface area contributed by atoms with Gasteiger partial charge in [-0.1, -0.05) is 24.4 Å². The lowest BCUT2D eigenvalue weighted by Gasteiger charge is -2.39. The van der Waals surface area contributed by atoms with Crippen LogP contribution in [0, 0.1) is 11.7 Å². The van der Waals surface area contributed by atoms with Gasteiger partial charge in [-0.3, -0.25) is 0 Å². The summed E-state index contributed by atoms with van der Waals surface area (Å²) in [7, 11) is 0. The van der Waals surface area contributed by atoms with E-state index in [1.165, 1.54) is 37.3 Å². The van der Waals surface area contributed by atoms with Crippen molar-refractivity contribution in [2.24, 2.45) is 5.92 Å². The SMILES string of the molecule is CCOC(=O)c1cc2c(cn1)CN(c1ccc(Cl)c(F)c1)CC2C1CCCC1. The van der Waals surface area contributed by atoms with Crippen molar-refractivity contribution in [1.82, 2.24) is 4.98 Å². The molecule has 0 spiro atoms. The third kappa shape index (κ3) is 3.72. The lowest BCUT2D eigenvalue weighted by atomic mass is 9.80. The van der Waals surface area contributed by atoms with Gasteiger partial charge in [-0.25, -0.2) is 14.2 Å². The molecule has 1 unspecified atom stereocenters. The van der Waals surface area contributed by atoms with E-state index in [9.17, 15) is 9.18 Å². The molecule has 1 saturated carbocycles. The van der Waals surface area contributed by atoms with Gasteiger partial charge in [-0.15, -0.1) is 0 Å². The molecule has 2 heterocycles. The molecule has 4 nitrogen and oxygen atoms in total. The number of carbonyl (C=O) groups excluding carboxylic acids is 1. The summed E-state index contributed by atoms with van der Waals surface area (Å²) in [5.41, 5.74) is 3.47. The average molecular weight is 403 g/mol. The summed E-state index contributed by atoms with van der Waals surface area (Å²) in [6.07, 6.45) is 6.62. The Balaban J connectivity index is 1.70. The van der Waals surface area contributed by atoms with E-state index in [0.717, 1.165) is 17.8 Å². The normalized spacial score (nSPS) is 19.5.